The summed E-state index contributed by atoms with van der Waals surface area (Å²) in [6.07, 6.45) is 0.124. The summed E-state index contributed by atoms with van der Waals surface area (Å²) in [6.45, 7) is 4.57. The lowest BCUT2D eigenvalue weighted by atomic mass is 9.57. The van der Waals surface area contributed by atoms with E-state index in [0.29, 0.717) is 23.7 Å². The molecule has 1 fully saturated rings. The average Bonchev–Trinajstić information content (AvgIpc) is 2.87. The number of aromatic hydroxyl groups is 1. The lowest BCUT2D eigenvalue weighted by molar-refractivity contribution is -0.153. The van der Waals surface area contributed by atoms with Gasteiger partial charge in [0.25, 0.3) is 5.91 Å². The van der Waals surface area contributed by atoms with Crippen LogP contribution in [0.5, 0.6) is 5.75 Å². The van der Waals surface area contributed by atoms with Crippen molar-refractivity contribution < 1.29 is 39.6 Å². The molecule has 1 saturated carbocycles. The fourth-order valence-corrected chi connectivity index (χ4v) is 6.45. The van der Waals surface area contributed by atoms with Gasteiger partial charge in [-0.1, -0.05) is 13.8 Å². The van der Waals surface area contributed by atoms with Crippen LogP contribution < -0.4 is 21.3 Å². The van der Waals surface area contributed by atoms with Gasteiger partial charge in [-0.2, -0.15) is 0 Å². The first-order valence-corrected chi connectivity index (χ1v) is 13.7. The summed E-state index contributed by atoms with van der Waals surface area (Å²) in [4.78, 5) is 55.3. The van der Waals surface area contributed by atoms with Gasteiger partial charge in [-0.3, -0.25) is 24.1 Å². The Morgan fingerprint density at radius 1 is 1.11 bits per heavy atom. The predicted octanol–water partition coefficient (Wildman–Crippen LogP) is 1.06. The number of nitrogens with zero attached hydrogens (tertiary/aromatic N) is 2. The van der Waals surface area contributed by atoms with Crippen molar-refractivity contribution in [3.05, 3.63) is 34.1 Å². The maximum absolute atomic E-state index is 14.0. The minimum atomic E-state index is -2.72. The van der Waals surface area contributed by atoms with E-state index in [9.17, 15) is 39.6 Å². The summed E-state index contributed by atoms with van der Waals surface area (Å²) >= 11 is 0. The summed E-state index contributed by atoms with van der Waals surface area (Å²) < 4.78 is 0. The second-order valence-corrected chi connectivity index (χ2v) is 12.1. The first-order valence-electron chi connectivity index (χ1n) is 13.7. The van der Waals surface area contributed by atoms with Crippen molar-refractivity contribution in [2.45, 2.75) is 38.3 Å². The third-order valence-corrected chi connectivity index (χ3v) is 8.29. The molecule has 4 atom stereocenters. The van der Waals surface area contributed by atoms with Crippen LogP contribution in [0, 0.1) is 17.8 Å². The van der Waals surface area contributed by atoms with Gasteiger partial charge in [-0.25, -0.2) is 0 Å². The van der Waals surface area contributed by atoms with Crippen LogP contribution in [0.4, 0.5) is 11.4 Å². The van der Waals surface area contributed by atoms with Gasteiger partial charge in [-0.05, 0) is 56.9 Å². The SMILES string of the molecule is CC(C)CNCC(=O)Nc1cc(N(C)C)c2c(c1O)C(O)=C1C(=O)C3(O)C(O)=C(C(N)=O)C(=O)[C@@H](N(C)C)C3CC1C2.Cl.Cl. The van der Waals surface area contributed by atoms with E-state index < -0.39 is 69.7 Å². The number of carbonyl (C=O) groups is 4. The smallest absolute Gasteiger partial charge is 0.255 e. The highest BCUT2D eigenvalue weighted by molar-refractivity contribution is 6.24. The number of aliphatic hydroxyl groups is 3. The molecule has 2 amide bonds. The van der Waals surface area contributed by atoms with Crippen molar-refractivity contribution in [2.24, 2.45) is 23.5 Å². The second kappa shape index (κ2) is 13.3. The predicted molar refractivity (Wildman–Crippen MR) is 169 cm³/mol. The largest absolute Gasteiger partial charge is 0.508 e. The molecule has 13 nitrogen and oxygen atoms in total. The Kier molecular flexibility index (Phi) is 11.2. The van der Waals surface area contributed by atoms with Crippen LogP contribution in [-0.2, 0) is 25.6 Å². The van der Waals surface area contributed by atoms with E-state index in [0.717, 1.165) is 0 Å². The number of phenols is 1. The van der Waals surface area contributed by atoms with E-state index in [-0.39, 0.29) is 61.0 Å². The zero-order valence-corrected chi connectivity index (χ0v) is 27.1. The average molecular weight is 659 g/mol. The molecule has 0 bridgehead atoms. The number of nitrogens with one attached hydrogen (secondary N) is 2. The number of amides is 2. The Balaban J connectivity index is 0.00000337. The van der Waals surface area contributed by atoms with E-state index in [1.165, 1.54) is 4.90 Å². The monoisotopic (exact) mass is 657 g/mol. The van der Waals surface area contributed by atoms with Crippen molar-refractivity contribution in [2.75, 3.05) is 51.5 Å². The second-order valence-electron chi connectivity index (χ2n) is 12.1. The van der Waals surface area contributed by atoms with Gasteiger partial charge in [0.1, 0.15) is 22.8 Å². The molecule has 0 heterocycles. The summed E-state index contributed by atoms with van der Waals surface area (Å²) in [6, 6.07) is 0.417. The number of anilines is 2. The molecule has 3 aliphatic carbocycles. The number of fused-ring (bicyclic) bond motifs is 3. The number of Topliss-reactive ketones (excluding diaryl/α,β-unsaturated/α-hetero) is 2. The van der Waals surface area contributed by atoms with E-state index in [4.69, 9.17) is 5.73 Å². The Hall–Kier alpha value is -3.36. The van der Waals surface area contributed by atoms with Crippen molar-refractivity contribution in [3.8, 4) is 5.75 Å². The molecule has 244 valence electrons. The molecule has 1 aromatic carbocycles. The first kappa shape index (κ1) is 36.8. The van der Waals surface area contributed by atoms with Crippen LogP contribution in [-0.4, -0.2) is 102 Å². The molecule has 0 aliphatic heterocycles. The number of nitrogens with two attached hydrogens (primary N) is 1. The maximum atomic E-state index is 14.0. The minimum absolute atomic E-state index is 0. The molecule has 44 heavy (non-hydrogen) atoms. The summed E-state index contributed by atoms with van der Waals surface area (Å²) in [5, 5.41) is 51.2. The summed E-state index contributed by atoms with van der Waals surface area (Å²) in [5.74, 6) is -7.42. The normalized spacial score (nSPS) is 24.2. The lowest BCUT2D eigenvalue weighted by Crippen LogP contribution is -2.65. The number of hydrogen-bond acceptors (Lipinski definition) is 11. The van der Waals surface area contributed by atoms with E-state index in [1.54, 1.807) is 39.2 Å². The van der Waals surface area contributed by atoms with Crippen LogP contribution in [0.25, 0.3) is 5.76 Å². The molecule has 0 spiro atoms. The van der Waals surface area contributed by atoms with E-state index >= 15 is 0 Å². The van der Waals surface area contributed by atoms with E-state index in [1.807, 2.05) is 13.8 Å². The number of benzene rings is 1. The summed E-state index contributed by atoms with van der Waals surface area (Å²) in [7, 11) is 6.59. The Labute approximate surface area is 268 Å². The number of rotatable bonds is 8. The molecule has 15 heteroatoms. The maximum Gasteiger partial charge on any atom is 0.255 e. The highest BCUT2D eigenvalue weighted by atomic mass is 35.5. The number of likely N-dealkylation sites (N-methyl/N-ethyl adjacent to an activating group) is 1. The third kappa shape index (κ3) is 5.86. The molecular weight excluding hydrogens is 617 g/mol. The van der Waals surface area contributed by atoms with Gasteiger partial charge in [0.15, 0.2) is 11.4 Å². The molecule has 1 aromatic rings. The zero-order chi connectivity index (χ0) is 31.4. The highest BCUT2D eigenvalue weighted by Crippen LogP contribution is 2.54. The van der Waals surface area contributed by atoms with Gasteiger partial charge >= 0.3 is 0 Å². The van der Waals surface area contributed by atoms with Gasteiger partial charge in [-0.15, -0.1) is 24.8 Å². The molecule has 0 aromatic heterocycles. The molecule has 3 unspecified atom stereocenters. The lowest BCUT2D eigenvalue weighted by Gasteiger charge is -2.50. The molecule has 8 N–H and O–H groups in total. The van der Waals surface area contributed by atoms with E-state index in [2.05, 4.69) is 10.6 Å². The first-order chi connectivity index (χ1) is 19.5. The van der Waals surface area contributed by atoms with Gasteiger partial charge in [0, 0.05) is 31.3 Å². The fraction of sp³-hybridized carbons (Fsp3) is 0.517. The highest BCUT2D eigenvalue weighted by Gasteiger charge is 2.64. The number of hydrogen-bond donors (Lipinski definition) is 7. The molecular formula is C29H41Cl2N5O8. The Morgan fingerprint density at radius 3 is 2.25 bits per heavy atom. The van der Waals surface area contributed by atoms with Crippen LogP contribution >= 0.6 is 24.8 Å². The molecule has 0 saturated heterocycles. The molecule has 0 radical (unpaired) electrons. The van der Waals surface area contributed by atoms with Crippen LogP contribution in [0.3, 0.4) is 0 Å². The van der Waals surface area contributed by atoms with Gasteiger partial charge < -0.3 is 41.7 Å². The number of phenolic OH excluding ortho intramolecular Hbond substituents is 1. The third-order valence-electron chi connectivity index (χ3n) is 8.29. The molecule has 4 rings (SSSR count). The van der Waals surface area contributed by atoms with Crippen LogP contribution in [0.2, 0.25) is 0 Å². The number of carbonyl (C=O) groups excluding carboxylic acids is 4. The number of ketones is 2. The zero-order valence-electron chi connectivity index (χ0n) is 25.4. The quantitative estimate of drug-likeness (QED) is 0.155. The molecule has 3 aliphatic rings. The van der Waals surface area contributed by atoms with Crippen molar-refractivity contribution in [1.29, 1.82) is 0 Å². The Morgan fingerprint density at radius 2 is 1.73 bits per heavy atom. The topological polar surface area (TPSA) is 206 Å². The standard InChI is InChI=1S/C29H39N5O8.2ClH/c1-12(2)10-31-11-18(35)32-16-9-17(33(3)4)14-7-13-8-15-22(34(5)6)25(38)21(28(30)41)27(40)29(15,42)26(39)19(13)24(37)20(14)23(16)36;;/h9,12-13,15,22,31,36-37,40,42H,7-8,10-11H2,1-6H3,(H2,30,41)(H,32,35);2*1H/t13?,15?,22-,29?;;/m0../s1. The van der Waals surface area contributed by atoms with Crippen molar-refractivity contribution in [1.82, 2.24) is 10.2 Å². The number of halogens is 2. The van der Waals surface area contributed by atoms with Gasteiger partial charge in [0.05, 0.1) is 23.8 Å². The van der Waals surface area contributed by atoms with Crippen molar-refractivity contribution >= 4 is 65.3 Å². The van der Waals surface area contributed by atoms with Crippen LogP contribution in [0.15, 0.2) is 23.0 Å². The fourth-order valence-electron chi connectivity index (χ4n) is 6.45. The van der Waals surface area contributed by atoms with Crippen molar-refractivity contribution in [3.63, 3.8) is 0 Å². The number of primary amides is 1. The summed E-state index contributed by atoms with van der Waals surface area (Å²) in [5.41, 5.74) is 2.49. The van der Waals surface area contributed by atoms with Crippen LogP contribution in [0.1, 0.15) is 31.4 Å². The number of aliphatic hydroxyl groups excluding tert-OH is 2. The minimum Gasteiger partial charge on any atom is -0.508 e. The van der Waals surface area contributed by atoms with Gasteiger partial charge in [0.2, 0.25) is 11.7 Å². The Bertz CT molecular complexity index is 1440.